The molecule has 1 aliphatic carbocycles. The molecule has 132 valence electrons. The minimum Gasteiger partial charge on any atom is -0.383 e. The van der Waals surface area contributed by atoms with E-state index >= 15 is 0 Å². The molecular formula is C17H29NO4S. The molecular weight excluding hydrogens is 314 g/mol. The van der Waals surface area contributed by atoms with Gasteiger partial charge in [0.15, 0.2) is 9.84 Å². The van der Waals surface area contributed by atoms with Gasteiger partial charge in [-0.2, -0.15) is 0 Å². The highest BCUT2D eigenvalue weighted by Gasteiger charge is 2.61. The zero-order valence-corrected chi connectivity index (χ0v) is 15.6. The molecule has 6 heteroatoms. The SMILES string of the molecule is COCCN(C(=O)C1C(C=C(C)C)C1(C)C)C1CCS(=O)(=O)C1. The number of amides is 1. The molecule has 1 heterocycles. The Morgan fingerprint density at radius 2 is 2.00 bits per heavy atom. The van der Waals surface area contributed by atoms with Crippen molar-refractivity contribution in [2.75, 3.05) is 31.8 Å². The van der Waals surface area contributed by atoms with Gasteiger partial charge in [0.25, 0.3) is 0 Å². The van der Waals surface area contributed by atoms with Gasteiger partial charge in [0.05, 0.1) is 24.0 Å². The first-order chi connectivity index (χ1) is 10.6. The van der Waals surface area contributed by atoms with Crippen molar-refractivity contribution in [1.82, 2.24) is 4.90 Å². The van der Waals surface area contributed by atoms with Crippen LogP contribution in [-0.2, 0) is 19.4 Å². The number of hydrogen-bond donors (Lipinski definition) is 0. The highest BCUT2D eigenvalue weighted by atomic mass is 32.2. The second-order valence-electron chi connectivity index (χ2n) is 7.65. The van der Waals surface area contributed by atoms with Crippen LogP contribution in [0.4, 0.5) is 0 Å². The molecule has 1 aliphatic heterocycles. The van der Waals surface area contributed by atoms with Crippen LogP contribution in [0.2, 0.25) is 0 Å². The average Bonchev–Trinajstić information content (AvgIpc) is 2.75. The Kier molecular flexibility index (Phi) is 5.26. The lowest BCUT2D eigenvalue weighted by Gasteiger charge is -2.28. The van der Waals surface area contributed by atoms with Crippen molar-refractivity contribution in [3.8, 4) is 0 Å². The Hall–Kier alpha value is -0.880. The van der Waals surface area contributed by atoms with Gasteiger partial charge in [-0.05, 0) is 31.6 Å². The number of allylic oxidation sites excluding steroid dienone is 2. The molecule has 23 heavy (non-hydrogen) atoms. The second-order valence-corrected chi connectivity index (χ2v) is 9.88. The Morgan fingerprint density at radius 3 is 2.48 bits per heavy atom. The first-order valence-electron chi connectivity index (χ1n) is 8.25. The molecule has 5 nitrogen and oxygen atoms in total. The van der Waals surface area contributed by atoms with E-state index < -0.39 is 9.84 Å². The van der Waals surface area contributed by atoms with Gasteiger partial charge in [-0.25, -0.2) is 8.42 Å². The van der Waals surface area contributed by atoms with Gasteiger partial charge in [-0.3, -0.25) is 4.79 Å². The van der Waals surface area contributed by atoms with Crippen LogP contribution in [-0.4, -0.2) is 57.0 Å². The van der Waals surface area contributed by atoms with Gasteiger partial charge >= 0.3 is 0 Å². The number of ether oxygens (including phenoxy) is 1. The molecule has 3 atom stereocenters. The van der Waals surface area contributed by atoms with E-state index in [0.29, 0.717) is 19.6 Å². The molecule has 0 radical (unpaired) electrons. The van der Waals surface area contributed by atoms with Gasteiger partial charge in [0, 0.05) is 19.7 Å². The summed E-state index contributed by atoms with van der Waals surface area (Å²) in [5.41, 5.74) is 1.15. The van der Waals surface area contributed by atoms with E-state index in [1.807, 2.05) is 13.8 Å². The minimum absolute atomic E-state index is 0.0578. The van der Waals surface area contributed by atoms with Gasteiger partial charge in [-0.15, -0.1) is 0 Å². The molecule has 1 saturated heterocycles. The lowest BCUT2D eigenvalue weighted by atomic mass is 10.1. The predicted octanol–water partition coefficient (Wildman–Crippen LogP) is 1.89. The zero-order chi connectivity index (χ0) is 17.4. The normalized spacial score (nSPS) is 30.7. The smallest absolute Gasteiger partial charge is 0.227 e. The number of hydrogen-bond acceptors (Lipinski definition) is 4. The largest absolute Gasteiger partial charge is 0.383 e. The Morgan fingerprint density at radius 1 is 1.35 bits per heavy atom. The summed E-state index contributed by atoms with van der Waals surface area (Å²) in [5, 5.41) is 0. The van der Waals surface area contributed by atoms with E-state index in [1.54, 1.807) is 12.0 Å². The summed E-state index contributed by atoms with van der Waals surface area (Å²) in [6, 6.07) is -0.202. The molecule has 3 unspecified atom stereocenters. The summed E-state index contributed by atoms with van der Waals surface area (Å²) in [4.78, 5) is 14.8. The van der Waals surface area contributed by atoms with E-state index in [4.69, 9.17) is 4.74 Å². The number of carbonyl (C=O) groups excluding carboxylic acids is 1. The molecule has 2 aliphatic rings. The van der Waals surface area contributed by atoms with Crippen molar-refractivity contribution in [1.29, 1.82) is 0 Å². The van der Waals surface area contributed by atoms with Crippen molar-refractivity contribution in [2.24, 2.45) is 17.3 Å². The molecule has 1 amide bonds. The lowest BCUT2D eigenvalue weighted by Crippen LogP contribution is -2.44. The fourth-order valence-corrected chi connectivity index (χ4v) is 5.41. The van der Waals surface area contributed by atoms with Crippen LogP contribution in [0.15, 0.2) is 11.6 Å². The maximum Gasteiger partial charge on any atom is 0.227 e. The first kappa shape index (κ1) is 18.5. The van der Waals surface area contributed by atoms with Crippen molar-refractivity contribution < 1.29 is 17.9 Å². The Bertz CT molecular complexity index is 590. The topological polar surface area (TPSA) is 63.7 Å². The fourth-order valence-electron chi connectivity index (χ4n) is 3.68. The van der Waals surface area contributed by atoms with E-state index in [2.05, 4.69) is 19.9 Å². The van der Waals surface area contributed by atoms with Crippen LogP contribution in [0.5, 0.6) is 0 Å². The second kappa shape index (κ2) is 6.55. The van der Waals surface area contributed by atoms with Crippen molar-refractivity contribution >= 4 is 15.7 Å². The van der Waals surface area contributed by atoms with Crippen LogP contribution in [0.1, 0.15) is 34.1 Å². The molecule has 0 spiro atoms. The van der Waals surface area contributed by atoms with Crippen LogP contribution in [0.25, 0.3) is 0 Å². The number of methoxy groups -OCH3 is 1. The fraction of sp³-hybridized carbons (Fsp3) is 0.824. The zero-order valence-electron chi connectivity index (χ0n) is 14.8. The van der Waals surface area contributed by atoms with Crippen molar-refractivity contribution in [3.63, 3.8) is 0 Å². The molecule has 0 aromatic rings. The summed E-state index contributed by atoms with van der Waals surface area (Å²) in [5.74, 6) is 0.528. The van der Waals surface area contributed by atoms with Crippen molar-refractivity contribution in [3.05, 3.63) is 11.6 Å². The van der Waals surface area contributed by atoms with E-state index in [9.17, 15) is 13.2 Å². The number of sulfone groups is 1. The van der Waals surface area contributed by atoms with Gasteiger partial charge in [-0.1, -0.05) is 25.5 Å². The quantitative estimate of drug-likeness (QED) is 0.691. The maximum absolute atomic E-state index is 13.1. The van der Waals surface area contributed by atoms with Gasteiger partial charge in [0.2, 0.25) is 5.91 Å². The monoisotopic (exact) mass is 343 g/mol. The summed E-state index contributed by atoms with van der Waals surface area (Å²) >= 11 is 0. The highest BCUT2D eigenvalue weighted by molar-refractivity contribution is 7.91. The molecule has 0 bridgehead atoms. The van der Waals surface area contributed by atoms with Crippen LogP contribution in [0.3, 0.4) is 0 Å². The highest BCUT2D eigenvalue weighted by Crippen LogP contribution is 2.60. The summed E-state index contributed by atoms with van der Waals surface area (Å²) < 4.78 is 28.7. The number of carbonyl (C=O) groups is 1. The average molecular weight is 343 g/mol. The lowest BCUT2D eigenvalue weighted by molar-refractivity contribution is -0.136. The van der Waals surface area contributed by atoms with Crippen molar-refractivity contribution in [2.45, 2.75) is 40.2 Å². The Balaban J connectivity index is 2.16. The summed E-state index contributed by atoms with van der Waals surface area (Å²) in [7, 11) is -1.41. The number of nitrogens with zero attached hydrogens (tertiary/aromatic N) is 1. The minimum atomic E-state index is -3.01. The molecule has 2 fully saturated rings. The summed E-state index contributed by atoms with van der Waals surface area (Å²) in [6.07, 6.45) is 2.71. The third-order valence-corrected chi connectivity index (χ3v) is 6.91. The number of rotatable bonds is 6. The van der Waals surface area contributed by atoms with E-state index in [0.717, 1.165) is 0 Å². The molecule has 0 N–H and O–H groups in total. The molecule has 1 saturated carbocycles. The van der Waals surface area contributed by atoms with Crippen LogP contribution < -0.4 is 0 Å². The molecule has 2 rings (SSSR count). The van der Waals surface area contributed by atoms with E-state index in [-0.39, 0.29) is 40.7 Å². The first-order valence-corrected chi connectivity index (χ1v) is 10.1. The maximum atomic E-state index is 13.1. The van der Waals surface area contributed by atoms with E-state index in [1.165, 1.54) is 5.57 Å². The predicted molar refractivity (Wildman–Crippen MR) is 90.8 cm³/mol. The Labute approximate surface area is 140 Å². The molecule has 0 aromatic carbocycles. The van der Waals surface area contributed by atoms with Gasteiger partial charge < -0.3 is 9.64 Å². The third-order valence-electron chi connectivity index (χ3n) is 5.16. The molecule has 0 aromatic heterocycles. The standard InChI is InChI=1S/C17H29NO4S/c1-12(2)10-14-15(17(14,3)4)16(19)18(7-8-22-5)13-6-9-23(20,21)11-13/h10,13-15H,6-9,11H2,1-5H3. The van der Waals surface area contributed by atoms with Crippen LogP contribution in [0, 0.1) is 17.3 Å². The van der Waals surface area contributed by atoms with Gasteiger partial charge in [0.1, 0.15) is 0 Å². The summed E-state index contributed by atoms with van der Waals surface area (Å²) in [6.45, 7) is 9.20. The third kappa shape index (κ3) is 3.97. The van der Waals surface area contributed by atoms with Crippen LogP contribution >= 0.6 is 0 Å².